The molecule has 0 bridgehead atoms. The molecule has 1 aromatic rings. The highest BCUT2D eigenvalue weighted by Gasteiger charge is 2.34. The van der Waals surface area contributed by atoms with E-state index in [-0.39, 0.29) is 17.0 Å². The molecule has 0 saturated carbocycles. The molecule has 0 fully saturated rings. The Bertz CT molecular complexity index is 479. The van der Waals surface area contributed by atoms with Gasteiger partial charge in [-0.2, -0.15) is 4.98 Å². The van der Waals surface area contributed by atoms with Crippen LogP contribution < -0.4 is 9.47 Å². The molecule has 1 rings (SSSR count). The van der Waals surface area contributed by atoms with Crippen LogP contribution in [0.5, 0.6) is 11.8 Å². The summed E-state index contributed by atoms with van der Waals surface area (Å²) in [7, 11) is 2.26. The van der Waals surface area contributed by atoms with Crippen LogP contribution in [0.3, 0.4) is 0 Å². The standard InChI is InChI=1S/C10H9ClF3NO4/c1-17-7-3-5(9(16)18-2)6(4-11)8(15-7)19-10(12,13)14/h3H,4H2,1-2H3. The van der Waals surface area contributed by atoms with E-state index in [1.165, 1.54) is 7.11 Å². The normalized spacial score (nSPS) is 11.1. The average molecular weight is 300 g/mol. The van der Waals surface area contributed by atoms with E-state index in [1.807, 2.05) is 0 Å². The zero-order chi connectivity index (χ0) is 14.6. The monoisotopic (exact) mass is 299 g/mol. The van der Waals surface area contributed by atoms with Crippen LogP contribution in [-0.4, -0.2) is 31.5 Å². The van der Waals surface area contributed by atoms with Gasteiger partial charge in [0, 0.05) is 11.6 Å². The number of pyridine rings is 1. The number of carbonyl (C=O) groups is 1. The Kier molecular flexibility index (Phi) is 4.82. The van der Waals surface area contributed by atoms with E-state index in [0.717, 1.165) is 13.2 Å². The Morgan fingerprint density at radius 2 is 2.05 bits per heavy atom. The van der Waals surface area contributed by atoms with Gasteiger partial charge in [0.25, 0.3) is 0 Å². The van der Waals surface area contributed by atoms with Crippen molar-refractivity contribution in [2.24, 2.45) is 0 Å². The van der Waals surface area contributed by atoms with Gasteiger partial charge >= 0.3 is 12.3 Å². The number of nitrogens with zero attached hydrogens (tertiary/aromatic N) is 1. The number of aromatic nitrogens is 1. The van der Waals surface area contributed by atoms with Crippen LogP contribution in [0.1, 0.15) is 15.9 Å². The number of methoxy groups -OCH3 is 2. The third kappa shape index (κ3) is 3.88. The van der Waals surface area contributed by atoms with Gasteiger partial charge in [-0.15, -0.1) is 24.8 Å². The Labute approximate surface area is 111 Å². The lowest BCUT2D eigenvalue weighted by atomic mass is 10.1. The highest BCUT2D eigenvalue weighted by Crippen LogP contribution is 2.31. The Morgan fingerprint density at radius 1 is 1.42 bits per heavy atom. The minimum atomic E-state index is -4.96. The number of alkyl halides is 4. The molecule has 0 aliphatic carbocycles. The minimum absolute atomic E-state index is 0.205. The second-order valence-corrected chi connectivity index (χ2v) is 3.44. The van der Waals surface area contributed by atoms with Gasteiger partial charge in [-0.3, -0.25) is 0 Å². The van der Waals surface area contributed by atoms with Gasteiger partial charge in [0.15, 0.2) is 0 Å². The lowest BCUT2D eigenvalue weighted by Crippen LogP contribution is -2.20. The Hall–Kier alpha value is -1.70. The molecule has 0 radical (unpaired) electrons. The lowest BCUT2D eigenvalue weighted by Gasteiger charge is -2.14. The predicted octanol–water partition coefficient (Wildman–Crippen LogP) is 2.51. The largest absolute Gasteiger partial charge is 0.574 e. The van der Waals surface area contributed by atoms with Crippen molar-refractivity contribution in [3.05, 3.63) is 17.2 Å². The van der Waals surface area contributed by atoms with Crippen molar-refractivity contribution < 1.29 is 32.2 Å². The molecule has 19 heavy (non-hydrogen) atoms. The number of hydrogen-bond acceptors (Lipinski definition) is 5. The topological polar surface area (TPSA) is 57.7 Å². The first-order valence-electron chi connectivity index (χ1n) is 4.80. The van der Waals surface area contributed by atoms with Crippen LogP contribution in [-0.2, 0) is 10.6 Å². The molecule has 0 aliphatic heterocycles. The molecule has 1 aromatic heterocycles. The number of ether oxygens (including phenoxy) is 3. The van der Waals surface area contributed by atoms with Crippen molar-refractivity contribution in [1.82, 2.24) is 4.98 Å². The van der Waals surface area contributed by atoms with Crippen molar-refractivity contribution in [1.29, 1.82) is 0 Å². The molecular weight excluding hydrogens is 291 g/mol. The van der Waals surface area contributed by atoms with Gasteiger partial charge in [-0.1, -0.05) is 0 Å². The van der Waals surface area contributed by atoms with Gasteiger partial charge in [0.05, 0.1) is 25.7 Å². The third-order valence-electron chi connectivity index (χ3n) is 2.02. The van der Waals surface area contributed by atoms with Crippen LogP contribution in [0, 0.1) is 0 Å². The highest BCUT2D eigenvalue weighted by molar-refractivity contribution is 6.18. The molecule has 0 aromatic carbocycles. The molecule has 1 heterocycles. The zero-order valence-electron chi connectivity index (χ0n) is 9.88. The van der Waals surface area contributed by atoms with Gasteiger partial charge in [-0.05, 0) is 0 Å². The summed E-state index contributed by atoms with van der Waals surface area (Å²) in [5, 5.41) is 0. The van der Waals surface area contributed by atoms with E-state index in [9.17, 15) is 18.0 Å². The van der Waals surface area contributed by atoms with E-state index in [2.05, 4.69) is 14.5 Å². The average Bonchev–Trinajstić information content (AvgIpc) is 2.34. The number of hydrogen-bond donors (Lipinski definition) is 0. The van der Waals surface area contributed by atoms with Gasteiger partial charge in [-0.25, -0.2) is 4.79 Å². The molecule has 0 aliphatic rings. The molecule has 0 atom stereocenters. The molecular formula is C10H9ClF3NO4. The molecule has 0 unspecified atom stereocenters. The van der Waals surface area contributed by atoms with Gasteiger partial charge in [0.1, 0.15) is 0 Å². The maximum Gasteiger partial charge on any atom is 0.574 e. The Balaban J connectivity index is 3.39. The van der Waals surface area contributed by atoms with E-state index in [1.54, 1.807) is 0 Å². The molecule has 0 spiro atoms. The van der Waals surface area contributed by atoms with Crippen LogP contribution >= 0.6 is 11.6 Å². The molecule has 9 heteroatoms. The SMILES string of the molecule is COC(=O)c1cc(OC)nc(OC(F)(F)F)c1CCl. The van der Waals surface area contributed by atoms with E-state index >= 15 is 0 Å². The van der Waals surface area contributed by atoms with E-state index in [0.29, 0.717) is 0 Å². The second-order valence-electron chi connectivity index (χ2n) is 3.17. The summed E-state index contributed by atoms with van der Waals surface area (Å²) in [6.07, 6.45) is -4.96. The van der Waals surface area contributed by atoms with Crippen LogP contribution in [0.4, 0.5) is 13.2 Å². The maximum atomic E-state index is 12.2. The number of esters is 1. The fourth-order valence-electron chi connectivity index (χ4n) is 1.25. The quantitative estimate of drug-likeness (QED) is 0.631. The summed E-state index contributed by atoms with van der Waals surface area (Å²) in [6.45, 7) is 0. The first-order valence-corrected chi connectivity index (χ1v) is 5.33. The summed E-state index contributed by atoms with van der Waals surface area (Å²) < 4.78 is 49.6. The van der Waals surface area contributed by atoms with E-state index < -0.39 is 24.1 Å². The molecule has 0 N–H and O–H groups in total. The van der Waals surface area contributed by atoms with Crippen LogP contribution in [0.15, 0.2) is 6.07 Å². The summed E-state index contributed by atoms with van der Waals surface area (Å²) in [5.41, 5.74) is -0.435. The predicted molar refractivity (Wildman–Crippen MR) is 58.4 cm³/mol. The molecule has 106 valence electrons. The zero-order valence-corrected chi connectivity index (χ0v) is 10.6. The third-order valence-corrected chi connectivity index (χ3v) is 2.29. The van der Waals surface area contributed by atoms with Crippen LogP contribution in [0.2, 0.25) is 0 Å². The first kappa shape index (κ1) is 15.4. The van der Waals surface area contributed by atoms with Crippen molar-refractivity contribution in [2.45, 2.75) is 12.2 Å². The minimum Gasteiger partial charge on any atom is -0.481 e. The number of carbonyl (C=O) groups excluding carboxylic acids is 1. The second kappa shape index (κ2) is 5.96. The van der Waals surface area contributed by atoms with E-state index in [4.69, 9.17) is 16.3 Å². The van der Waals surface area contributed by atoms with Crippen LogP contribution in [0.25, 0.3) is 0 Å². The van der Waals surface area contributed by atoms with Crippen molar-refractivity contribution in [3.8, 4) is 11.8 Å². The molecule has 0 amide bonds. The molecule has 0 saturated heterocycles. The Morgan fingerprint density at radius 3 is 2.47 bits per heavy atom. The summed E-state index contributed by atoms with van der Waals surface area (Å²) >= 11 is 5.53. The summed E-state index contributed by atoms with van der Waals surface area (Å²) in [6, 6.07) is 1.12. The van der Waals surface area contributed by atoms with Crippen molar-refractivity contribution >= 4 is 17.6 Å². The van der Waals surface area contributed by atoms with Crippen molar-refractivity contribution in [2.75, 3.05) is 14.2 Å². The maximum absolute atomic E-state index is 12.2. The lowest BCUT2D eigenvalue weighted by molar-refractivity contribution is -0.276. The van der Waals surface area contributed by atoms with Gasteiger partial charge < -0.3 is 14.2 Å². The van der Waals surface area contributed by atoms with Crippen molar-refractivity contribution in [3.63, 3.8) is 0 Å². The smallest absolute Gasteiger partial charge is 0.481 e. The fourth-order valence-corrected chi connectivity index (χ4v) is 1.50. The summed E-state index contributed by atoms with van der Waals surface area (Å²) in [4.78, 5) is 14.9. The number of halogens is 4. The first-order chi connectivity index (χ1) is 8.82. The number of rotatable bonds is 4. The summed E-state index contributed by atoms with van der Waals surface area (Å²) in [5.74, 6) is -2.36. The molecule has 5 nitrogen and oxygen atoms in total. The fraction of sp³-hybridized carbons (Fsp3) is 0.400. The highest BCUT2D eigenvalue weighted by atomic mass is 35.5. The van der Waals surface area contributed by atoms with Gasteiger partial charge in [0.2, 0.25) is 11.8 Å².